The van der Waals surface area contributed by atoms with Crippen molar-refractivity contribution in [3.63, 3.8) is 0 Å². The van der Waals surface area contributed by atoms with E-state index in [4.69, 9.17) is 4.42 Å². The minimum absolute atomic E-state index is 0.0725. The van der Waals surface area contributed by atoms with E-state index in [2.05, 4.69) is 9.97 Å². The van der Waals surface area contributed by atoms with Gasteiger partial charge in [-0.15, -0.1) is 0 Å². The number of aliphatic hydroxyl groups excluding tert-OH is 1. The fraction of sp³-hybridized carbons (Fsp3) is 0.250. The number of aliphatic hydroxyl groups is 1. The van der Waals surface area contributed by atoms with Crippen molar-refractivity contribution in [1.82, 2.24) is 14.5 Å². The Balaban J connectivity index is 1.61. The lowest BCUT2D eigenvalue weighted by molar-refractivity contribution is -0.141. The third kappa shape index (κ3) is 5.32. The minimum Gasteiger partial charge on any atom is -0.440 e. The fourth-order valence-electron chi connectivity index (χ4n) is 5.75. The molecule has 3 aromatic carbocycles. The summed E-state index contributed by atoms with van der Waals surface area (Å²) >= 11 is 0. The Bertz CT molecular complexity index is 2050. The zero-order valence-corrected chi connectivity index (χ0v) is 24.8. The van der Waals surface area contributed by atoms with E-state index >= 15 is 4.39 Å². The number of hydrogen-bond donors (Lipinski definition) is 1. The van der Waals surface area contributed by atoms with Gasteiger partial charge in [0.05, 0.1) is 17.2 Å². The van der Waals surface area contributed by atoms with Gasteiger partial charge >= 0.3 is 6.18 Å². The van der Waals surface area contributed by atoms with Crippen molar-refractivity contribution in [2.45, 2.75) is 50.8 Å². The van der Waals surface area contributed by atoms with Crippen molar-refractivity contribution in [2.24, 2.45) is 0 Å². The Morgan fingerprint density at radius 3 is 2.36 bits per heavy atom. The van der Waals surface area contributed by atoms with E-state index in [0.717, 1.165) is 43.3 Å². The van der Waals surface area contributed by atoms with Gasteiger partial charge < -0.3 is 14.1 Å². The first-order valence-electron chi connectivity index (χ1n) is 13.8. The van der Waals surface area contributed by atoms with E-state index in [-0.39, 0.29) is 21.8 Å². The van der Waals surface area contributed by atoms with Crippen LogP contribution in [0.2, 0.25) is 0 Å². The quantitative estimate of drug-likeness (QED) is 0.204. The molecule has 44 heavy (non-hydrogen) atoms. The van der Waals surface area contributed by atoms with Gasteiger partial charge in [-0.3, -0.25) is 0 Å². The molecule has 0 bridgehead atoms. The normalized spacial score (nSPS) is 13.5. The molecule has 12 heteroatoms. The molecular weight excluding hydrogens is 598 g/mol. The van der Waals surface area contributed by atoms with Gasteiger partial charge in [-0.05, 0) is 78.8 Å². The maximum absolute atomic E-state index is 15.1. The van der Waals surface area contributed by atoms with Gasteiger partial charge in [0.1, 0.15) is 17.3 Å². The molecule has 7 nitrogen and oxygen atoms in total. The number of sulfone groups is 1. The van der Waals surface area contributed by atoms with Crippen LogP contribution in [0.15, 0.2) is 64.0 Å². The molecule has 0 fully saturated rings. The van der Waals surface area contributed by atoms with E-state index in [1.807, 2.05) is 18.2 Å². The number of hydrogen-bond acceptors (Lipinski definition) is 6. The summed E-state index contributed by atoms with van der Waals surface area (Å²) in [5.41, 5.74) is 3.31. The summed E-state index contributed by atoms with van der Waals surface area (Å²) < 4.78 is 88.3. The average molecular weight is 626 g/mol. The van der Waals surface area contributed by atoms with Crippen LogP contribution < -0.4 is 0 Å². The molecule has 0 atom stereocenters. The number of halogens is 4. The highest BCUT2D eigenvalue weighted by molar-refractivity contribution is 7.90. The SMILES string of the molecule is Cc1nc(-c2cc(-c3cc(F)c(CO)c(S(C)(=O)=O)c3)ccc2-n2cc(C(F)(F)F)nc2C)c(-c2ccc3c(c2)CCC3)o1. The van der Waals surface area contributed by atoms with E-state index < -0.39 is 34.1 Å². The molecule has 2 heterocycles. The number of aromatic nitrogens is 3. The number of imidazole rings is 1. The molecule has 0 radical (unpaired) electrons. The average Bonchev–Trinajstić information content (AvgIpc) is 3.69. The van der Waals surface area contributed by atoms with E-state index in [9.17, 15) is 26.7 Å². The first-order chi connectivity index (χ1) is 20.7. The van der Waals surface area contributed by atoms with E-state index in [0.29, 0.717) is 34.2 Å². The van der Waals surface area contributed by atoms with Crippen LogP contribution >= 0.6 is 0 Å². The predicted octanol–water partition coefficient (Wildman–Crippen LogP) is 7.02. The van der Waals surface area contributed by atoms with Crippen LogP contribution in [0.25, 0.3) is 39.4 Å². The number of fused-ring (bicyclic) bond motifs is 1. The van der Waals surface area contributed by atoms with Gasteiger partial charge in [-0.2, -0.15) is 13.2 Å². The van der Waals surface area contributed by atoms with Crippen molar-refractivity contribution < 1.29 is 35.5 Å². The highest BCUT2D eigenvalue weighted by Crippen LogP contribution is 2.41. The zero-order chi connectivity index (χ0) is 31.6. The molecule has 0 amide bonds. The van der Waals surface area contributed by atoms with Crippen LogP contribution in [0.5, 0.6) is 0 Å². The van der Waals surface area contributed by atoms with Crippen LogP contribution in [-0.4, -0.2) is 34.3 Å². The lowest BCUT2D eigenvalue weighted by Crippen LogP contribution is -2.06. The van der Waals surface area contributed by atoms with Gasteiger partial charge in [-0.25, -0.2) is 22.8 Å². The zero-order valence-electron chi connectivity index (χ0n) is 24.0. The van der Waals surface area contributed by atoms with Crippen LogP contribution in [-0.2, 0) is 35.5 Å². The van der Waals surface area contributed by atoms with Crippen LogP contribution in [0.3, 0.4) is 0 Å². The third-order valence-corrected chi connectivity index (χ3v) is 8.99. The van der Waals surface area contributed by atoms with Gasteiger partial charge in [0, 0.05) is 36.1 Å². The van der Waals surface area contributed by atoms with E-state index in [1.54, 1.807) is 25.1 Å². The summed E-state index contributed by atoms with van der Waals surface area (Å²) in [5.74, 6) is -0.110. The van der Waals surface area contributed by atoms with Crippen LogP contribution in [0.1, 0.15) is 40.5 Å². The second-order valence-corrected chi connectivity index (χ2v) is 12.9. The number of aryl methyl sites for hydroxylation is 4. The molecule has 1 N–H and O–H groups in total. The van der Waals surface area contributed by atoms with Crippen molar-refractivity contribution in [3.05, 3.63) is 94.6 Å². The monoisotopic (exact) mass is 625 g/mol. The molecule has 0 saturated heterocycles. The maximum Gasteiger partial charge on any atom is 0.434 e. The maximum atomic E-state index is 15.1. The van der Waals surface area contributed by atoms with Gasteiger partial charge in [0.2, 0.25) is 0 Å². The molecular formula is C32H27F4N3O4S. The summed E-state index contributed by atoms with van der Waals surface area (Å²) in [6.07, 6.45) is 0.0687. The van der Waals surface area contributed by atoms with Crippen molar-refractivity contribution >= 4 is 9.84 Å². The largest absolute Gasteiger partial charge is 0.440 e. The van der Waals surface area contributed by atoms with Gasteiger partial charge in [0.15, 0.2) is 27.2 Å². The molecule has 0 unspecified atom stereocenters. The van der Waals surface area contributed by atoms with E-state index in [1.165, 1.54) is 28.7 Å². The van der Waals surface area contributed by atoms with Gasteiger partial charge in [-0.1, -0.05) is 18.2 Å². The smallest absolute Gasteiger partial charge is 0.434 e. The number of oxazole rings is 1. The summed E-state index contributed by atoms with van der Waals surface area (Å²) in [6, 6.07) is 13.1. The molecule has 2 aromatic heterocycles. The lowest BCUT2D eigenvalue weighted by atomic mass is 9.96. The summed E-state index contributed by atoms with van der Waals surface area (Å²) in [7, 11) is -3.92. The molecule has 0 spiro atoms. The van der Waals surface area contributed by atoms with Crippen molar-refractivity contribution in [1.29, 1.82) is 0 Å². The molecule has 0 saturated carbocycles. The minimum atomic E-state index is -4.68. The highest BCUT2D eigenvalue weighted by Gasteiger charge is 2.35. The molecule has 6 rings (SSSR count). The third-order valence-electron chi connectivity index (χ3n) is 7.82. The number of benzene rings is 3. The fourth-order valence-corrected chi connectivity index (χ4v) is 6.70. The summed E-state index contributed by atoms with van der Waals surface area (Å²) in [6.45, 7) is 2.29. The Labute approximate surface area is 250 Å². The van der Waals surface area contributed by atoms with Gasteiger partial charge in [0.25, 0.3) is 0 Å². The number of rotatable bonds is 6. The molecule has 228 valence electrons. The Morgan fingerprint density at radius 2 is 1.68 bits per heavy atom. The molecule has 1 aliphatic carbocycles. The molecule has 1 aliphatic rings. The number of alkyl halides is 3. The van der Waals surface area contributed by atoms with Crippen molar-refractivity contribution in [3.8, 4) is 39.4 Å². The number of nitrogens with zero attached hydrogens (tertiary/aromatic N) is 3. The summed E-state index contributed by atoms with van der Waals surface area (Å²) in [4.78, 5) is 7.99. The topological polar surface area (TPSA) is 98.2 Å². The first kappa shape index (κ1) is 29.8. The Morgan fingerprint density at radius 1 is 0.955 bits per heavy atom. The lowest BCUT2D eigenvalue weighted by Gasteiger charge is -2.15. The van der Waals surface area contributed by atoms with Crippen LogP contribution in [0.4, 0.5) is 17.6 Å². The highest BCUT2D eigenvalue weighted by atomic mass is 32.2. The second kappa shape index (κ2) is 10.7. The first-order valence-corrected chi connectivity index (χ1v) is 15.6. The van der Waals surface area contributed by atoms with Crippen LogP contribution in [0, 0.1) is 19.7 Å². The van der Waals surface area contributed by atoms with Crippen molar-refractivity contribution in [2.75, 3.05) is 6.26 Å². The standard InChI is InChI=1S/C32H27F4N3O4S/c1-17-37-29(32(34,35)36)15-39(17)27-10-9-21(23-13-26(33)25(16-40)28(14-23)44(3,41)42)12-24(27)30-31(43-18(2)38-30)22-8-7-19-5-4-6-20(19)11-22/h7-15,40H,4-6,16H2,1-3H3. The Kier molecular flexibility index (Phi) is 7.24. The predicted molar refractivity (Wildman–Crippen MR) is 155 cm³/mol. The molecule has 5 aromatic rings. The Hall–Kier alpha value is -4.29. The second-order valence-electron chi connectivity index (χ2n) is 10.9. The molecule has 0 aliphatic heterocycles. The summed E-state index contributed by atoms with van der Waals surface area (Å²) in [5, 5.41) is 9.65.